The Labute approximate surface area is 96.0 Å². The van der Waals surface area contributed by atoms with E-state index in [0.717, 1.165) is 17.4 Å². The molecule has 1 amide bonds. The number of carbonyl (C=O) groups is 1. The van der Waals surface area contributed by atoms with Gasteiger partial charge in [-0.3, -0.25) is 4.79 Å². The number of nitrogens with one attached hydrogen (secondary N) is 1. The predicted molar refractivity (Wildman–Crippen MR) is 59.4 cm³/mol. The van der Waals surface area contributed by atoms with Crippen molar-refractivity contribution in [3.63, 3.8) is 0 Å². The molecule has 1 aliphatic heterocycles. The van der Waals surface area contributed by atoms with Gasteiger partial charge in [0.1, 0.15) is 18.2 Å². The lowest BCUT2D eigenvalue weighted by Crippen LogP contribution is -2.31. The van der Waals surface area contributed by atoms with Crippen LogP contribution < -0.4 is 5.32 Å². The van der Waals surface area contributed by atoms with Gasteiger partial charge in [0.05, 0.1) is 4.47 Å². The van der Waals surface area contributed by atoms with Gasteiger partial charge in [0.15, 0.2) is 0 Å². The van der Waals surface area contributed by atoms with Gasteiger partial charge < -0.3 is 10.2 Å². The highest BCUT2D eigenvalue weighted by Crippen LogP contribution is 2.20. The summed E-state index contributed by atoms with van der Waals surface area (Å²) in [5.74, 6) is 0.777. The van der Waals surface area contributed by atoms with Crippen LogP contribution in [0.4, 0.5) is 5.82 Å². The van der Waals surface area contributed by atoms with Gasteiger partial charge in [-0.15, -0.1) is 0 Å². The smallest absolute Gasteiger partial charge is 0.244 e. The minimum atomic E-state index is -0.166. The molecule has 1 N–H and O–H groups in total. The van der Waals surface area contributed by atoms with E-state index in [0.29, 0.717) is 5.82 Å². The average molecular weight is 271 g/mol. The summed E-state index contributed by atoms with van der Waals surface area (Å²) < 4.78 is 0.771. The Morgan fingerprint density at radius 1 is 1.67 bits per heavy atom. The van der Waals surface area contributed by atoms with Crippen LogP contribution in [0, 0.1) is 0 Å². The Morgan fingerprint density at radius 2 is 2.47 bits per heavy atom. The fourth-order valence-corrected chi connectivity index (χ4v) is 1.88. The molecular weight excluding hydrogens is 260 g/mol. The minimum Gasteiger partial charge on any atom is -0.357 e. The molecule has 0 radical (unpaired) electrons. The van der Waals surface area contributed by atoms with Crippen LogP contribution in [0.1, 0.15) is 6.42 Å². The van der Waals surface area contributed by atoms with Gasteiger partial charge in [-0.05, 0) is 22.4 Å². The van der Waals surface area contributed by atoms with Crippen LogP contribution in [-0.4, -0.2) is 40.4 Å². The number of nitrogens with zero attached hydrogens (tertiary/aromatic N) is 3. The zero-order valence-corrected chi connectivity index (χ0v) is 9.86. The maximum Gasteiger partial charge on any atom is 0.244 e. The van der Waals surface area contributed by atoms with E-state index in [9.17, 15) is 4.79 Å². The van der Waals surface area contributed by atoms with Crippen molar-refractivity contribution in [1.82, 2.24) is 14.9 Å². The van der Waals surface area contributed by atoms with E-state index in [-0.39, 0.29) is 11.9 Å². The van der Waals surface area contributed by atoms with Gasteiger partial charge in [0.25, 0.3) is 0 Å². The molecule has 1 unspecified atom stereocenters. The molecule has 0 aromatic carbocycles. The number of aromatic nitrogens is 2. The van der Waals surface area contributed by atoms with E-state index < -0.39 is 0 Å². The van der Waals surface area contributed by atoms with Crippen LogP contribution >= 0.6 is 15.9 Å². The molecule has 0 aliphatic carbocycles. The van der Waals surface area contributed by atoms with Crippen LogP contribution in [0.3, 0.4) is 0 Å². The molecule has 1 fully saturated rings. The number of likely N-dealkylation sites (tertiary alicyclic amines) is 1. The van der Waals surface area contributed by atoms with Gasteiger partial charge in [-0.2, -0.15) is 0 Å². The molecule has 2 heterocycles. The van der Waals surface area contributed by atoms with Crippen molar-refractivity contribution < 1.29 is 4.79 Å². The largest absolute Gasteiger partial charge is 0.357 e. The lowest BCUT2D eigenvalue weighted by atomic mass is 10.2. The summed E-state index contributed by atoms with van der Waals surface area (Å²) >= 11 is 3.33. The molecular formula is C9H11BrN4O. The summed E-state index contributed by atoms with van der Waals surface area (Å²) in [6.45, 7) is 0.791. The van der Waals surface area contributed by atoms with E-state index in [2.05, 4.69) is 31.2 Å². The SMILES string of the molecule is CN1CCC(Nc2ncncc2Br)C1=O. The highest BCUT2D eigenvalue weighted by Gasteiger charge is 2.29. The zero-order valence-electron chi connectivity index (χ0n) is 8.27. The predicted octanol–water partition coefficient (Wildman–Crippen LogP) is 0.882. The normalized spacial score (nSPS) is 20.8. The maximum absolute atomic E-state index is 11.6. The molecule has 1 aromatic heterocycles. The highest BCUT2D eigenvalue weighted by atomic mass is 79.9. The third kappa shape index (κ3) is 2.09. The first-order valence-corrected chi connectivity index (χ1v) is 5.45. The second-order valence-electron chi connectivity index (χ2n) is 3.46. The molecule has 1 aromatic rings. The van der Waals surface area contributed by atoms with Gasteiger partial charge >= 0.3 is 0 Å². The van der Waals surface area contributed by atoms with Crippen molar-refractivity contribution in [1.29, 1.82) is 0 Å². The molecule has 1 aliphatic rings. The second kappa shape index (κ2) is 4.14. The maximum atomic E-state index is 11.6. The number of anilines is 1. The number of hydrogen-bond acceptors (Lipinski definition) is 4. The number of carbonyl (C=O) groups excluding carboxylic acids is 1. The molecule has 80 valence electrons. The van der Waals surface area contributed by atoms with E-state index in [1.165, 1.54) is 6.33 Å². The monoisotopic (exact) mass is 270 g/mol. The average Bonchev–Trinajstić information content (AvgIpc) is 2.53. The molecule has 1 atom stereocenters. The first-order valence-electron chi connectivity index (χ1n) is 4.65. The van der Waals surface area contributed by atoms with Crippen molar-refractivity contribution in [2.45, 2.75) is 12.5 Å². The minimum absolute atomic E-state index is 0.112. The molecule has 0 bridgehead atoms. The van der Waals surface area contributed by atoms with Gasteiger partial charge in [-0.25, -0.2) is 9.97 Å². The number of likely N-dealkylation sites (N-methyl/N-ethyl adjacent to an activating group) is 1. The molecule has 0 saturated carbocycles. The van der Waals surface area contributed by atoms with Crippen molar-refractivity contribution in [2.75, 3.05) is 18.9 Å². The van der Waals surface area contributed by atoms with E-state index in [4.69, 9.17) is 0 Å². The molecule has 5 nitrogen and oxygen atoms in total. The standard InChI is InChI=1S/C9H11BrN4O/c1-14-3-2-7(9(14)15)13-8-6(10)4-11-5-12-8/h4-5,7H,2-3H2,1H3,(H,11,12,13). The van der Waals surface area contributed by atoms with Gasteiger partial charge in [0.2, 0.25) is 5.91 Å². The third-order valence-electron chi connectivity index (χ3n) is 2.41. The van der Waals surface area contributed by atoms with Crippen LogP contribution in [0.25, 0.3) is 0 Å². The fraction of sp³-hybridized carbons (Fsp3) is 0.444. The number of rotatable bonds is 2. The van der Waals surface area contributed by atoms with Crippen LogP contribution in [0.2, 0.25) is 0 Å². The zero-order chi connectivity index (χ0) is 10.8. The van der Waals surface area contributed by atoms with Crippen LogP contribution in [-0.2, 0) is 4.79 Å². The third-order valence-corrected chi connectivity index (χ3v) is 2.99. The van der Waals surface area contributed by atoms with Crippen molar-refractivity contribution >= 4 is 27.7 Å². The summed E-state index contributed by atoms with van der Waals surface area (Å²) in [7, 11) is 1.80. The highest BCUT2D eigenvalue weighted by molar-refractivity contribution is 9.10. The Hall–Kier alpha value is -1.17. The lowest BCUT2D eigenvalue weighted by Gasteiger charge is -2.13. The molecule has 2 rings (SSSR count). The first kappa shape index (κ1) is 10.4. The summed E-state index contributed by atoms with van der Waals surface area (Å²) in [5.41, 5.74) is 0. The molecule has 15 heavy (non-hydrogen) atoms. The Morgan fingerprint density at radius 3 is 3.07 bits per heavy atom. The molecule has 0 spiro atoms. The van der Waals surface area contributed by atoms with Crippen molar-refractivity contribution in [3.05, 3.63) is 17.0 Å². The number of amides is 1. The number of hydrogen-bond donors (Lipinski definition) is 1. The van der Waals surface area contributed by atoms with E-state index in [1.807, 2.05) is 0 Å². The van der Waals surface area contributed by atoms with E-state index >= 15 is 0 Å². The lowest BCUT2D eigenvalue weighted by molar-refractivity contribution is -0.127. The second-order valence-corrected chi connectivity index (χ2v) is 4.32. The Kier molecular flexibility index (Phi) is 2.86. The molecule has 1 saturated heterocycles. The van der Waals surface area contributed by atoms with Crippen molar-refractivity contribution in [3.8, 4) is 0 Å². The van der Waals surface area contributed by atoms with E-state index in [1.54, 1.807) is 18.1 Å². The van der Waals surface area contributed by atoms with Gasteiger partial charge in [0, 0.05) is 19.8 Å². The van der Waals surface area contributed by atoms with Crippen LogP contribution in [0.15, 0.2) is 17.0 Å². The summed E-state index contributed by atoms with van der Waals surface area (Å²) in [4.78, 5) is 21.3. The summed E-state index contributed by atoms with van der Waals surface area (Å²) in [5, 5.41) is 3.10. The first-order chi connectivity index (χ1) is 7.18. The molecule has 6 heteroatoms. The summed E-state index contributed by atoms with van der Waals surface area (Å²) in [6, 6.07) is -0.166. The van der Waals surface area contributed by atoms with Gasteiger partial charge in [-0.1, -0.05) is 0 Å². The fourth-order valence-electron chi connectivity index (χ4n) is 1.54. The topological polar surface area (TPSA) is 58.1 Å². The quantitative estimate of drug-likeness (QED) is 0.867. The van der Waals surface area contributed by atoms with Crippen LogP contribution in [0.5, 0.6) is 0 Å². The Bertz CT molecular complexity index is 384. The summed E-state index contributed by atoms with van der Waals surface area (Å²) in [6.07, 6.45) is 3.92. The van der Waals surface area contributed by atoms with Crippen molar-refractivity contribution in [2.24, 2.45) is 0 Å². The number of halogens is 1. The Balaban J connectivity index is 2.10.